The van der Waals surface area contributed by atoms with Gasteiger partial charge in [-0.1, -0.05) is 12.1 Å². The van der Waals surface area contributed by atoms with Crippen LogP contribution in [0.15, 0.2) is 28.7 Å². The van der Waals surface area contributed by atoms with Gasteiger partial charge in [-0.25, -0.2) is 4.79 Å². The molecular formula is C12H14BrN3O2. The standard InChI is InChI=1S/C12H14BrN3O2/c13-9-3-1-2-4-10(9)16-11(17)7-14-12(18)15-8-5-6-8/h1-4,8H,5-7H2,(H,16,17)(H2,14,15,18). The van der Waals surface area contributed by atoms with Gasteiger partial charge in [0, 0.05) is 10.5 Å². The van der Waals surface area contributed by atoms with Gasteiger partial charge in [0.05, 0.1) is 12.2 Å². The van der Waals surface area contributed by atoms with Gasteiger partial charge >= 0.3 is 6.03 Å². The van der Waals surface area contributed by atoms with E-state index in [0.717, 1.165) is 17.3 Å². The van der Waals surface area contributed by atoms with Gasteiger partial charge in [-0.15, -0.1) is 0 Å². The van der Waals surface area contributed by atoms with Crippen molar-refractivity contribution in [3.05, 3.63) is 28.7 Å². The van der Waals surface area contributed by atoms with Crippen LogP contribution in [0.25, 0.3) is 0 Å². The molecule has 3 N–H and O–H groups in total. The summed E-state index contributed by atoms with van der Waals surface area (Å²) < 4.78 is 0.806. The molecule has 1 aliphatic rings. The number of hydrogen-bond donors (Lipinski definition) is 3. The predicted octanol–water partition coefficient (Wildman–Crippen LogP) is 1.85. The molecule has 0 spiro atoms. The molecule has 0 radical (unpaired) electrons. The number of anilines is 1. The van der Waals surface area contributed by atoms with Gasteiger partial charge in [-0.3, -0.25) is 4.79 Å². The van der Waals surface area contributed by atoms with Crippen molar-refractivity contribution >= 4 is 33.6 Å². The number of carbonyl (C=O) groups is 2. The molecule has 2 rings (SSSR count). The Hall–Kier alpha value is -1.56. The number of hydrogen-bond acceptors (Lipinski definition) is 2. The molecule has 0 aliphatic heterocycles. The molecule has 3 amide bonds. The van der Waals surface area contributed by atoms with Crippen LogP contribution in [0.2, 0.25) is 0 Å². The van der Waals surface area contributed by atoms with Crippen molar-refractivity contribution in [2.75, 3.05) is 11.9 Å². The number of nitrogens with one attached hydrogen (secondary N) is 3. The van der Waals surface area contributed by atoms with Crippen LogP contribution in [0.5, 0.6) is 0 Å². The van der Waals surface area contributed by atoms with Crippen LogP contribution in [0.1, 0.15) is 12.8 Å². The van der Waals surface area contributed by atoms with E-state index in [4.69, 9.17) is 0 Å². The molecule has 0 atom stereocenters. The molecule has 0 aromatic heterocycles. The second kappa shape index (κ2) is 5.86. The van der Waals surface area contributed by atoms with Crippen molar-refractivity contribution in [1.29, 1.82) is 0 Å². The minimum absolute atomic E-state index is 0.0418. The average molecular weight is 312 g/mol. The van der Waals surface area contributed by atoms with Crippen LogP contribution in [-0.4, -0.2) is 24.5 Å². The Bertz CT molecular complexity index is 460. The van der Waals surface area contributed by atoms with Gasteiger partial charge in [0.2, 0.25) is 5.91 Å². The fourth-order valence-corrected chi connectivity index (χ4v) is 1.77. The van der Waals surface area contributed by atoms with E-state index >= 15 is 0 Å². The number of benzene rings is 1. The van der Waals surface area contributed by atoms with E-state index in [2.05, 4.69) is 31.9 Å². The fraction of sp³-hybridized carbons (Fsp3) is 0.333. The third-order valence-electron chi connectivity index (χ3n) is 2.47. The summed E-state index contributed by atoms with van der Waals surface area (Å²) in [5, 5.41) is 7.97. The molecule has 1 aromatic carbocycles. The molecule has 1 fully saturated rings. The third kappa shape index (κ3) is 4.03. The average Bonchev–Trinajstić information content (AvgIpc) is 3.13. The molecule has 0 saturated heterocycles. The Morgan fingerprint density at radius 2 is 2.00 bits per heavy atom. The summed E-state index contributed by atoms with van der Waals surface area (Å²) in [6.07, 6.45) is 2.05. The Kier molecular flexibility index (Phi) is 4.19. The number of halogens is 1. The van der Waals surface area contributed by atoms with Crippen LogP contribution < -0.4 is 16.0 Å². The minimum Gasteiger partial charge on any atom is -0.335 e. The summed E-state index contributed by atoms with van der Waals surface area (Å²) in [6, 6.07) is 7.31. The molecule has 1 aromatic rings. The fourth-order valence-electron chi connectivity index (χ4n) is 1.38. The molecule has 96 valence electrons. The number of urea groups is 1. The Labute approximate surface area is 113 Å². The highest BCUT2D eigenvalue weighted by Crippen LogP contribution is 2.20. The smallest absolute Gasteiger partial charge is 0.315 e. The molecule has 1 aliphatic carbocycles. The second-order valence-electron chi connectivity index (χ2n) is 4.13. The van der Waals surface area contributed by atoms with Crippen molar-refractivity contribution in [3.63, 3.8) is 0 Å². The molecule has 6 heteroatoms. The van der Waals surface area contributed by atoms with Gasteiger partial charge in [0.1, 0.15) is 0 Å². The Morgan fingerprint density at radius 3 is 2.67 bits per heavy atom. The Balaban J connectivity index is 1.74. The van der Waals surface area contributed by atoms with Crippen molar-refractivity contribution in [1.82, 2.24) is 10.6 Å². The lowest BCUT2D eigenvalue weighted by Gasteiger charge is -2.08. The van der Waals surface area contributed by atoms with Crippen molar-refractivity contribution in [3.8, 4) is 0 Å². The van der Waals surface area contributed by atoms with Crippen LogP contribution in [0.4, 0.5) is 10.5 Å². The van der Waals surface area contributed by atoms with Crippen LogP contribution in [-0.2, 0) is 4.79 Å². The SMILES string of the molecule is O=C(CNC(=O)NC1CC1)Nc1ccccc1Br. The van der Waals surface area contributed by atoms with E-state index < -0.39 is 0 Å². The van der Waals surface area contributed by atoms with E-state index in [-0.39, 0.29) is 24.5 Å². The summed E-state index contributed by atoms with van der Waals surface area (Å²) in [5.41, 5.74) is 0.687. The summed E-state index contributed by atoms with van der Waals surface area (Å²) in [4.78, 5) is 22.9. The first-order valence-electron chi connectivity index (χ1n) is 5.74. The first kappa shape index (κ1) is 12.9. The summed E-state index contributed by atoms with van der Waals surface area (Å²) >= 11 is 3.33. The van der Waals surface area contributed by atoms with Crippen molar-refractivity contribution in [2.24, 2.45) is 0 Å². The van der Waals surface area contributed by atoms with Gasteiger partial charge in [0.15, 0.2) is 0 Å². The lowest BCUT2D eigenvalue weighted by atomic mass is 10.3. The maximum absolute atomic E-state index is 11.6. The monoisotopic (exact) mass is 311 g/mol. The van der Waals surface area contributed by atoms with Crippen molar-refractivity contribution in [2.45, 2.75) is 18.9 Å². The van der Waals surface area contributed by atoms with E-state index in [1.165, 1.54) is 0 Å². The summed E-state index contributed by atoms with van der Waals surface area (Å²) in [5.74, 6) is -0.257. The van der Waals surface area contributed by atoms with Gasteiger partial charge < -0.3 is 16.0 Å². The second-order valence-corrected chi connectivity index (χ2v) is 4.98. The maximum Gasteiger partial charge on any atom is 0.315 e. The first-order valence-corrected chi connectivity index (χ1v) is 6.53. The highest BCUT2D eigenvalue weighted by atomic mass is 79.9. The number of para-hydroxylation sites is 1. The first-order chi connectivity index (χ1) is 8.65. The summed E-state index contributed by atoms with van der Waals surface area (Å²) in [7, 11) is 0. The van der Waals surface area contributed by atoms with Gasteiger partial charge in [-0.05, 0) is 40.9 Å². The van der Waals surface area contributed by atoms with Crippen LogP contribution in [0.3, 0.4) is 0 Å². The highest BCUT2D eigenvalue weighted by Gasteiger charge is 2.23. The lowest BCUT2D eigenvalue weighted by molar-refractivity contribution is -0.115. The highest BCUT2D eigenvalue weighted by molar-refractivity contribution is 9.10. The zero-order valence-corrected chi connectivity index (χ0v) is 11.3. The minimum atomic E-state index is -0.292. The molecule has 1 saturated carbocycles. The van der Waals surface area contributed by atoms with E-state index in [1.54, 1.807) is 6.07 Å². The lowest BCUT2D eigenvalue weighted by Crippen LogP contribution is -2.40. The molecule has 5 nitrogen and oxygen atoms in total. The van der Waals surface area contributed by atoms with Gasteiger partial charge in [0.25, 0.3) is 0 Å². The molecule has 0 unspecified atom stereocenters. The van der Waals surface area contributed by atoms with E-state index in [1.807, 2.05) is 18.2 Å². The molecular weight excluding hydrogens is 298 g/mol. The predicted molar refractivity (Wildman–Crippen MR) is 72.3 cm³/mol. The number of amides is 3. The molecule has 18 heavy (non-hydrogen) atoms. The zero-order chi connectivity index (χ0) is 13.0. The topological polar surface area (TPSA) is 70.2 Å². The van der Waals surface area contributed by atoms with Crippen molar-refractivity contribution < 1.29 is 9.59 Å². The van der Waals surface area contributed by atoms with Crippen LogP contribution >= 0.6 is 15.9 Å². The van der Waals surface area contributed by atoms with E-state index in [9.17, 15) is 9.59 Å². The maximum atomic E-state index is 11.6. The molecule has 0 heterocycles. The quantitative estimate of drug-likeness (QED) is 0.794. The number of carbonyl (C=O) groups excluding carboxylic acids is 2. The van der Waals surface area contributed by atoms with Gasteiger partial charge in [-0.2, -0.15) is 0 Å². The molecule has 0 bridgehead atoms. The number of rotatable bonds is 4. The van der Waals surface area contributed by atoms with E-state index in [0.29, 0.717) is 5.69 Å². The van der Waals surface area contributed by atoms with Crippen LogP contribution in [0, 0.1) is 0 Å². The normalized spacial score (nSPS) is 13.8. The Morgan fingerprint density at radius 1 is 1.28 bits per heavy atom. The third-order valence-corrected chi connectivity index (χ3v) is 3.16. The largest absolute Gasteiger partial charge is 0.335 e. The zero-order valence-electron chi connectivity index (χ0n) is 9.70. The summed E-state index contributed by atoms with van der Waals surface area (Å²) in [6.45, 7) is -0.0418.